The van der Waals surface area contributed by atoms with E-state index in [9.17, 15) is 23.2 Å². The first kappa shape index (κ1) is 19.6. The van der Waals surface area contributed by atoms with Gasteiger partial charge in [-0.1, -0.05) is 6.42 Å². The predicted octanol–water partition coefficient (Wildman–Crippen LogP) is 2.93. The molecule has 1 atom stereocenters. The maximum atomic E-state index is 12.8. The highest BCUT2D eigenvalue weighted by Crippen LogP contribution is 2.31. The lowest BCUT2D eigenvalue weighted by atomic mass is 9.85. The zero-order valence-electron chi connectivity index (χ0n) is 15.4. The lowest BCUT2D eigenvalue weighted by molar-refractivity contribution is -0.713. The number of hydrogen-bond acceptors (Lipinski definition) is 5. The van der Waals surface area contributed by atoms with Gasteiger partial charge in [-0.05, 0) is 30.9 Å². The van der Waals surface area contributed by atoms with Crippen LogP contribution in [0.4, 0.5) is 19.0 Å². The molecule has 1 aliphatic carbocycles. The Kier molecular flexibility index (Phi) is 5.13. The Morgan fingerprint density at radius 2 is 2.10 bits per heavy atom. The van der Waals surface area contributed by atoms with E-state index in [0.29, 0.717) is 11.3 Å². The Bertz CT molecular complexity index is 937. The van der Waals surface area contributed by atoms with Crippen LogP contribution in [-0.4, -0.2) is 40.0 Å². The fraction of sp³-hybridized carbons (Fsp3) is 0.421. The van der Waals surface area contributed by atoms with Crippen molar-refractivity contribution in [1.29, 1.82) is 0 Å². The molecule has 0 saturated heterocycles. The Hall–Kier alpha value is -2.72. The largest absolute Gasteiger partial charge is 0.623 e. The monoisotopic (exact) mass is 408 g/mol. The summed E-state index contributed by atoms with van der Waals surface area (Å²) in [6, 6.07) is 2.95. The summed E-state index contributed by atoms with van der Waals surface area (Å²) in [7, 11) is 0. The summed E-state index contributed by atoms with van der Waals surface area (Å²) in [5, 5.41) is 11.5. The van der Waals surface area contributed by atoms with Gasteiger partial charge in [0.2, 0.25) is 5.82 Å². The summed E-state index contributed by atoms with van der Waals surface area (Å²) in [4.78, 5) is 22.1. The van der Waals surface area contributed by atoms with Crippen LogP contribution < -0.4 is 5.06 Å². The molecule has 1 unspecified atom stereocenters. The lowest BCUT2D eigenvalue weighted by Gasteiger charge is -2.32. The van der Waals surface area contributed by atoms with Gasteiger partial charge in [-0.15, -0.1) is 0 Å². The molecule has 7 nitrogen and oxygen atoms in total. The molecular formula is C19H19F3N4O3. The van der Waals surface area contributed by atoms with E-state index >= 15 is 0 Å². The Morgan fingerprint density at radius 1 is 1.31 bits per heavy atom. The zero-order chi connectivity index (χ0) is 20.6. The van der Waals surface area contributed by atoms with Gasteiger partial charge in [0, 0.05) is 19.2 Å². The van der Waals surface area contributed by atoms with Crippen molar-refractivity contribution in [2.45, 2.75) is 31.9 Å². The summed E-state index contributed by atoms with van der Waals surface area (Å²) in [6.07, 6.45) is 1.62. The van der Waals surface area contributed by atoms with Gasteiger partial charge in [0.05, 0.1) is 12.0 Å². The first-order valence-corrected chi connectivity index (χ1v) is 9.35. The third-order valence-electron chi connectivity index (χ3n) is 5.22. The minimum Gasteiger partial charge on any atom is -0.623 e. The van der Waals surface area contributed by atoms with Crippen LogP contribution in [0.2, 0.25) is 0 Å². The fourth-order valence-electron chi connectivity index (χ4n) is 3.44. The lowest BCUT2D eigenvalue weighted by Crippen LogP contribution is -2.96. The summed E-state index contributed by atoms with van der Waals surface area (Å²) in [5.41, 5.74) is 0.853. The maximum Gasteiger partial charge on any atom is 0.390 e. The number of nitrogens with zero attached hydrogens (tertiary/aromatic N) is 3. The molecule has 10 heteroatoms. The van der Waals surface area contributed by atoms with E-state index in [4.69, 9.17) is 4.42 Å². The van der Waals surface area contributed by atoms with Crippen LogP contribution in [0.25, 0.3) is 17.5 Å². The van der Waals surface area contributed by atoms with Crippen molar-refractivity contribution in [3.8, 4) is 11.5 Å². The Balaban J connectivity index is 1.55. The second-order valence-corrected chi connectivity index (χ2v) is 7.26. The van der Waals surface area contributed by atoms with Crippen LogP contribution in [0, 0.1) is 11.1 Å². The first-order valence-electron chi connectivity index (χ1n) is 9.35. The third-order valence-corrected chi connectivity index (χ3v) is 5.22. The fourth-order valence-corrected chi connectivity index (χ4v) is 3.44. The molecule has 154 valence electrons. The number of fused-ring (bicyclic) bond motifs is 1. The van der Waals surface area contributed by atoms with Crippen LogP contribution in [0.3, 0.4) is 0 Å². The summed E-state index contributed by atoms with van der Waals surface area (Å²) >= 11 is 0. The highest BCUT2D eigenvalue weighted by atomic mass is 19.4. The van der Waals surface area contributed by atoms with E-state index in [0.717, 1.165) is 19.3 Å². The molecule has 1 amide bonds. The van der Waals surface area contributed by atoms with E-state index in [1.165, 1.54) is 29.6 Å². The molecule has 1 saturated carbocycles. The first-order chi connectivity index (χ1) is 13.8. The minimum atomic E-state index is -4.34. The molecular weight excluding hydrogens is 389 g/mol. The number of quaternary nitrogens is 1. The molecule has 1 fully saturated rings. The smallest absolute Gasteiger partial charge is 0.390 e. The van der Waals surface area contributed by atoms with Crippen molar-refractivity contribution in [2.24, 2.45) is 5.92 Å². The van der Waals surface area contributed by atoms with Gasteiger partial charge in [0.25, 0.3) is 5.91 Å². The highest BCUT2D eigenvalue weighted by molar-refractivity contribution is 5.92. The standard InChI is InChI=1S/C19H19F3N4O3/c20-19(21,22)7-9-25(10-12-2-1-3-12)18(27)15-5-4-14(29-15)16-13-6-8-26(28)17(13)24-11-23-16/h4-6,8,11-12,26H,1-3,7,9-10H2. The second-order valence-electron chi connectivity index (χ2n) is 7.26. The number of amides is 1. The van der Waals surface area contributed by atoms with Gasteiger partial charge in [-0.2, -0.15) is 18.2 Å². The number of halogens is 3. The SMILES string of the molecule is O=C(c1ccc(-c2ncnc3c2C=C[NH+]3[O-])o1)N(CCC(F)(F)F)CC1CCC1. The van der Waals surface area contributed by atoms with Crippen LogP contribution in [0.1, 0.15) is 41.8 Å². The summed E-state index contributed by atoms with van der Waals surface area (Å²) in [6.45, 7) is -0.125. The summed E-state index contributed by atoms with van der Waals surface area (Å²) in [5.74, 6) is 0.0941. The number of rotatable bonds is 6. The van der Waals surface area contributed by atoms with Crippen molar-refractivity contribution in [1.82, 2.24) is 14.9 Å². The zero-order valence-corrected chi connectivity index (χ0v) is 15.4. The van der Waals surface area contributed by atoms with Gasteiger partial charge in [-0.25, -0.2) is 4.98 Å². The average molecular weight is 408 g/mol. The van der Waals surface area contributed by atoms with Crippen molar-refractivity contribution in [2.75, 3.05) is 13.1 Å². The maximum absolute atomic E-state index is 12.8. The van der Waals surface area contributed by atoms with Crippen LogP contribution in [-0.2, 0) is 0 Å². The van der Waals surface area contributed by atoms with Crippen LogP contribution >= 0.6 is 0 Å². The predicted molar refractivity (Wildman–Crippen MR) is 96.7 cm³/mol. The Morgan fingerprint density at radius 3 is 2.79 bits per heavy atom. The van der Waals surface area contributed by atoms with E-state index in [1.54, 1.807) is 6.08 Å². The van der Waals surface area contributed by atoms with Crippen molar-refractivity contribution >= 4 is 17.8 Å². The number of nitrogens with one attached hydrogen (secondary N) is 1. The third kappa shape index (κ3) is 4.18. The number of aromatic nitrogens is 2. The van der Waals surface area contributed by atoms with Crippen LogP contribution in [0.15, 0.2) is 29.1 Å². The van der Waals surface area contributed by atoms with E-state index in [1.807, 2.05) is 0 Å². The van der Waals surface area contributed by atoms with Gasteiger partial charge in [-0.3, -0.25) is 9.86 Å². The van der Waals surface area contributed by atoms with Crippen molar-refractivity contribution < 1.29 is 27.4 Å². The summed E-state index contributed by atoms with van der Waals surface area (Å²) < 4.78 is 43.7. The topological polar surface area (TPSA) is 86.7 Å². The normalized spacial score (nSPS) is 18.6. The van der Waals surface area contributed by atoms with Crippen LogP contribution in [0.5, 0.6) is 0 Å². The van der Waals surface area contributed by atoms with Gasteiger partial charge in [0.15, 0.2) is 11.5 Å². The number of carbonyl (C=O) groups excluding carboxylic acids is 1. The number of alkyl halides is 3. The Labute approximate surface area is 164 Å². The molecule has 0 radical (unpaired) electrons. The van der Waals surface area contributed by atoms with Gasteiger partial charge >= 0.3 is 6.18 Å². The molecule has 2 aromatic heterocycles. The average Bonchev–Trinajstić information content (AvgIpc) is 3.26. The second kappa shape index (κ2) is 7.60. The van der Waals surface area contributed by atoms with E-state index < -0.39 is 25.0 Å². The molecule has 1 N–H and O–H groups in total. The molecule has 1 aliphatic heterocycles. The quantitative estimate of drug-likeness (QED) is 0.743. The molecule has 3 heterocycles. The molecule has 0 aromatic carbocycles. The number of furan rings is 1. The molecule has 29 heavy (non-hydrogen) atoms. The van der Waals surface area contributed by atoms with Gasteiger partial charge in [0.1, 0.15) is 18.2 Å². The van der Waals surface area contributed by atoms with E-state index in [2.05, 4.69) is 9.97 Å². The molecule has 0 spiro atoms. The number of hydrogen-bond donors (Lipinski definition) is 1. The van der Waals surface area contributed by atoms with Crippen molar-refractivity contribution in [3.05, 3.63) is 41.2 Å². The molecule has 2 aromatic rings. The van der Waals surface area contributed by atoms with E-state index in [-0.39, 0.29) is 34.9 Å². The van der Waals surface area contributed by atoms with Gasteiger partial charge < -0.3 is 14.5 Å². The van der Waals surface area contributed by atoms with Crippen molar-refractivity contribution in [3.63, 3.8) is 0 Å². The number of carbonyl (C=O) groups is 1. The molecule has 0 bridgehead atoms. The molecule has 2 aliphatic rings. The minimum absolute atomic E-state index is 0.0536. The highest BCUT2D eigenvalue weighted by Gasteiger charge is 2.32. The molecule has 4 rings (SSSR count). The number of hydroxylamine groups is 1.